The molecule has 0 heterocycles. The van der Waals surface area contributed by atoms with Gasteiger partial charge >= 0.3 is 0 Å². The van der Waals surface area contributed by atoms with Gasteiger partial charge in [0, 0.05) is 5.69 Å². The second-order valence-corrected chi connectivity index (χ2v) is 7.28. The van der Waals surface area contributed by atoms with Gasteiger partial charge in [0.1, 0.15) is 4.90 Å². The molecular formula is C12H8BrCl2FN2O2S. The van der Waals surface area contributed by atoms with Gasteiger partial charge in [-0.25, -0.2) is 12.8 Å². The molecule has 0 unspecified atom stereocenters. The van der Waals surface area contributed by atoms with Crippen LogP contribution in [0.25, 0.3) is 0 Å². The molecule has 0 radical (unpaired) electrons. The number of nitrogens with two attached hydrogens (primary N) is 1. The molecule has 9 heteroatoms. The first-order valence-electron chi connectivity index (χ1n) is 5.43. The molecule has 4 nitrogen and oxygen atoms in total. The highest BCUT2D eigenvalue weighted by Gasteiger charge is 2.23. The molecule has 0 saturated carbocycles. The van der Waals surface area contributed by atoms with Gasteiger partial charge in [-0.3, -0.25) is 4.72 Å². The van der Waals surface area contributed by atoms with E-state index >= 15 is 0 Å². The van der Waals surface area contributed by atoms with Crippen LogP contribution in [-0.2, 0) is 10.0 Å². The van der Waals surface area contributed by atoms with E-state index in [1.54, 1.807) is 12.1 Å². The van der Waals surface area contributed by atoms with Crippen LogP contribution in [0, 0.1) is 5.82 Å². The molecule has 3 N–H and O–H groups in total. The molecule has 0 aromatic heterocycles. The maximum atomic E-state index is 13.9. The quantitative estimate of drug-likeness (QED) is 0.737. The lowest BCUT2D eigenvalue weighted by Crippen LogP contribution is -2.15. The number of hydrogen-bond donors (Lipinski definition) is 2. The zero-order chi connectivity index (χ0) is 15.8. The Balaban J connectivity index is 2.51. The van der Waals surface area contributed by atoms with E-state index in [1.807, 2.05) is 0 Å². The number of nitrogen functional groups attached to an aromatic ring is 1. The number of benzene rings is 2. The summed E-state index contributed by atoms with van der Waals surface area (Å²) in [5.41, 5.74) is 5.70. The van der Waals surface area contributed by atoms with Crippen molar-refractivity contribution in [2.45, 2.75) is 4.90 Å². The van der Waals surface area contributed by atoms with E-state index in [9.17, 15) is 12.8 Å². The monoisotopic (exact) mass is 412 g/mol. The second-order valence-electron chi connectivity index (χ2n) is 4.02. The molecule has 112 valence electrons. The maximum absolute atomic E-state index is 13.9. The topological polar surface area (TPSA) is 72.2 Å². The van der Waals surface area contributed by atoms with Gasteiger partial charge in [0.15, 0.2) is 5.82 Å². The molecule has 0 atom stereocenters. The predicted octanol–water partition coefficient (Wildman–Crippen LogP) is 4.28. The molecule has 2 rings (SSSR count). The molecule has 0 aliphatic rings. The summed E-state index contributed by atoms with van der Waals surface area (Å²) in [6, 6.07) is 6.71. The average molecular weight is 414 g/mol. The van der Waals surface area contributed by atoms with Crippen LogP contribution in [-0.4, -0.2) is 8.42 Å². The van der Waals surface area contributed by atoms with Gasteiger partial charge in [0.05, 0.1) is 20.2 Å². The highest BCUT2D eigenvalue weighted by atomic mass is 79.9. The van der Waals surface area contributed by atoms with Gasteiger partial charge < -0.3 is 5.73 Å². The third-order valence-corrected chi connectivity index (χ3v) is 5.54. The largest absolute Gasteiger partial charge is 0.399 e. The molecule has 2 aromatic rings. The summed E-state index contributed by atoms with van der Waals surface area (Å²) in [5.74, 6) is -1.07. The first-order valence-corrected chi connectivity index (χ1v) is 8.47. The Hall–Kier alpha value is -1.02. The van der Waals surface area contributed by atoms with E-state index in [0.717, 1.165) is 12.1 Å². The minimum atomic E-state index is -4.21. The van der Waals surface area contributed by atoms with E-state index in [4.69, 9.17) is 28.9 Å². The first kappa shape index (κ1) is 16.4. The van der Waals surface area contributed by atoms with Gasteiger partial charge in [-0.05, 0) is 40.2 Å². The normalized spacial score (nSPS) is 11.4. The smallest absolute Gasteiger partial charge is 0.264 e. The highest BCUT2D eigenvalue weighted by Crippen LogP contribution is 2.33. The lowest BCUT2D eigenvalue weighted by Gasteiger charge is -2.12. The van der Waals surface area contributed by atoms with E-state index < -0.39 is 20.7 Å². The first-order chi connectivity index (χ1) is 9.72. The molecule has 0 fully saturated rings. The summed E-state index contributed by atoms with van der Waals surface area (Å²) in [7, 11) is -4.21. The zero-order valence-corrected chi connectivity index (χ0v) is 14.1. The Morgan fingerprint density at radius 2 is 1.86 bits per heavy atom. The van der Waals surface area contributed by atoms with Crippen molar-refractivity contribution in [2.75, 3.05) is 10.5 Å². The molecule has 0 saturated heterocycles. The molecule has 21 heavy (non-hydrogen) atoms. The number of sulfonamides is 1. The molecular weight excluding hydrogens is 406 g/mol. The number of anilines is 2. The molecule has 2 aromatic carbocycles. The molecule has 0 bridgehead atoms. The van der Waals surface area contributed by atoms with E-state index in [0.29, 0.717) is 9.50 Å². The summed E-state index contributed by atoms with van der Waals surface area (Å²) in [6.07, 6.45) is 0. The summed E-state index contributed by atoms with van der Waals surface area (Å²) in [4.78, 5) is -0.639. The minimum Gasteiger partial charge on any atom is -0.399 e. The second kappa shape index (κ2) is 6.00. The van der Waals surface area contributed by atoms with E-state index in [2.05, 4.69) is 20.7 Å². The van der Waals surface area contributed by atoms with Crippen LogP contribution >= 0.6 is 39.1 Å². The fraction of sp³-hybridized carbons (Fsp3) is 0. The SMILES string of the molecule is Nc1cc(Cl)c(F)c(S(=O)(=O)Nc2cccc(Cl)c2Br)c1. The number of rotatable bonds is 3. The Labute approximate surface area is 139 Å². The van der Waals surface area contributed by atoms with Crippen molar-refractivity contribution in [3.05, 3.63) is 50.7 Å². The third-order valence-electron chi connectivity index (χ3n) is 2.50. The van der Waals surface area contributed by atoms with Crippen LogP contribution in [0.1, 0.15) is 0 Å². The fourth-order valence-corrected chi connectivity index (χ4v) is 3.72. The maximum Gasteiger partial charge on any atom is 0.264 e. The standard InChI is InChI=1S/C12H8BrCl2FN2O2S/c13-11-7(14)2-1-3-9(11)18-21(19,20)10-5-6(17)4-8(15)12(10)16/h1-5,18H,17H2. The average Bonchev–Trinajstić information content (AvgIpc) is 2.39. The number of halogens is 4. The Bertz CT molecular complexity index is 815. The van der Waals surface area contributed by atoms with Crippen molar-refractivity contribution >= 4 is 60.5 Å². The summed E-state index contributed by atoms with van der Waals surface area (Å²) in [6.45, 7) is 0. The molecule has 0 spiro atoms. The molecule has 0 amide bonds. The van der Waals surface area contributed by atoms with Gasteiger partial charge in [-0.2, -0.15) is 0 Å². The van der Waals surface area contributed by atoms with Crippen molar-refractivity contribution in [1.29, 1.82) is 0 Å². The van der Waals surface area contributed by atoms with Crippen molar-refractivity contribution in [3.63, 3.8) is 0 Å². The van der Waals surface area contributed by atoms with Crippen LogP contribution in [0.5, 0.6) is 0 Å². The van der Waals surface area contributed by atoms with Crippen molar-refractivity contribution < 1.29 is 12.8 Å². The van der Waals surface area contributed by atoms with Gasteiger partial charge in [0.2, 0.25) is 0 Å². The Kier molecular flexibility index (Phi) is 4.67. The predicted molar refractivity (Wildman–Crippen MR) is 85.8 cm³/mol. The van der Waals surface area contributed by atoms with Crippen molar-refractivity contribution in [2.24, 2.45) is 0 Å². The fourth-order valence-electron chi connectivity index (χ4n) is 1.56. The van der Waals surface area contributed by atoms with Crippen LogP contribution in [0.3, 0.4) is 0 Å². The number of hydrogen-bond acceptors (Lipinski definition) is 3. The highest BCUT2D eigenvalue weighted by molar-refractivity contribution is 9.10. The Morgan fingerprint density at radius 1 is 1.19 bits per heavy atom. The van der Waals surface area contributed by atoms with Crippen LogP contribution < -0.4 is 10.5 Å². The van der Waals surface area contributed by atoms with E-state index in [1.165, 1.54) is 6.07 Å². The van der Waals surface area contributed by atoms with Crippen LogP contribution in [0.2, 0.25) is 10.0 Å². The van der Waals surface area contributed by atoms with E-state index in [-0.39, 0.29) is 16.4 Å². The lowest BCUT2D eigenvalue weighted by molar-refractivity contribution is 0.571. The van der Waals surface area contributed by atoms with Crippen molar-refractivity contribution in [3.8, 4) is 0 Å². The lowest BCUT2D eigenvalue weighted by atomic mass is 10.3. The zero-order valence-electron chi connectivity index (χ0n) is 10.2. The van der Waals surface area contributed by atoms with Gasteiger partial charge in [0.25, 0.3) is 10.0 Å². The summed E-state index contributed by atoms with van der Waals surface area (Å²) < 4.78 is 41.0. The van der Waals surface area contributed by atoms with Crippen LogP contribution in [0.4, 0.5) is 15.8 Å². The van der Waals surface area contributed by atoms with Gasteiger partial charge in [-0.1, -0.05) is 29.3 Å². The minimum absolute atomic E-state index is 0.0342. The van der Waals surface area contributed by atoms with Crippen LogP contribution in [0.15, 0.2) is 39.7 Å². The third kappa shape index (κ3) is 3.42. The summed E-state index contributed by atoms with van der Waals surface area (Å²) in [5, 5.41) is -0.0678. The summed E-state index contributed by atoms with van der Waals surface area (Å²) >= 11 is 14.6. The molecule has 0 aliphatic heterocycles. The number of nitrogens with one attached hydrogen (secondary N) is 1. The Morgan fingerprint density at radius 3 is 2.52 bits per heavy atom. The van der Waals surface area contributed by atoms with Crippen molar-refractivity contribution in [1.82, 2.24) is 0 Å². The van der Waals surface area contributed by atoms with Gasteiger partial charge in [-0.15, -0.1) is 0 Å². The molecule has 0 aliphatic carbocycles.